The number of rotatable bonds is 6. The van der Waals surface area contributed by atoms with Crippen LogP contribution in [0.15, 0.2) is 60.7 Å². The van der Waals surface area contributed by atoms with Gasteiger partial charge in [0.25, 0.3) is 0 Å². The lowest BCUT2D eigenvalue weighted by Gasteiger charge is -2.24. The highest BCUT2D eigenvalue weighted by molar-refractivity contribution is 5.31. The molecule has 0 aliphatic rings. The minimum atomic E-state index is 0.170. The summed E-state index contributed by atoms with van der Waals surface area (Å²) in [6, 6.07) is 21.3. The Morgan fingerprint density at radius 1 is 0.895 bits per heavy atom. The Kier molecular flexibility index (Phi) is 5.13. The molecule has 2 aromatic rings. The van der Waals surface area contributed by atoms with Gasteiger partial charge in [0, 0.05) is 12.6 Å². The Balaban J connectivity index is 2.24. The van der Waals surface area contributed by atoms with Crippen molar-refractivity contribution in [2.75, 3.05) is 6.61 Å². The van der Waals surface area contributed by atoms with Gasteiger partial charge >= 0.3 is 0 Å². The Morgan fingerprint density at radius 3 is 1.79 bits per heavy atom. The molecular formula is C17H21NO. The third-order valence-electron chi connectivity index (χ3n) is 3.28. The fraction of sp³-hybridized carbons (Fsp3) is 0.294. The summed E-state index contributed by atoms with van der Waals surface area (Å²) in [5.41, 5.74) is 2.50. The second kappa shape index (κ2) is 7.07. The van der Waals surface area contributed by atoms with Crippen LogP contribution in [0.4, 0.5) is 0 Å². The van der Waals surface area contributed by atoms with Crippen LogP contribution >= 0.6 is 0 Å². The lowest BCUT2D eigenvalue weighted by molar-refractivity contribution is 0.266. The van der Waals surface area contributed by atoms with Gasteiger partial charge in [-0.3, -0.25) is 0 Å². The topological polar surface area (TPSA) is 32.3 Å². The average molecular weight is 255 g/mol. The van der Waals surface area contributed by atoms with E-state index in [0.29, 0.717) is 0 Å². The van der Waals surface area contributed by atoms with E-state index in [1.165, 1.54) is 11.1 Å². The molecule has 0 aliphatic heterocycles. The van der Waals surface area contributed by atoms with Gasteiger partial charge in [-0.25, -0.2) is 0 Å². The van der Waals surface area contributed by atoms with Gasteiger partial charge in [-0.2, -0.15) is 0 Å². The van der Waals surface area contributed by atoms with E-state index >= 15 is 0 Å². The van der Waals surface area contributed by atoms with Gasteiger partial charge in [-0.1, -0.05) is 60.7 Å². The summed E-state index contributed by atoms with van der Waals surface area (Å²) in [5, 5.41) is 12.6. The molecule has 0 unspecified atom stereocenters. The van der Waals surface area contributed by atoms with Crippen LogP contribution in [0.3, 0.4) is 0 Å². The Hall–Kier alpha value is -1.64. The third kappa shape index (κ3) is 3.91. The van der Waals surface area contributed by atoms with Gasteiger partial charge in [0.15, 0.2) is 0 Å². The molecule has 2 aromatic carbocycles. The molecule has 0 radical (unpaired) electrons. The van der Waals surface area contributed by atoms with Crippen LogP contribution in [-0.2, 0) is 0 Å². The second-order valence-electron chi connectivity index (χ2n) is 4.83. The van der Waals surface area contributed by atoms with Crippen LogP contribution in [0.2, 0.25) is 0 Å². The van der Waals surface area contributed by atoms with Gasteiger partial charge in [0.05, 0.1) is 6.04 Å². The van der Waals surface area contributed by atoms with E-state index < -0.39 is 0 Å². The summed E-state index contributed by atoms with van der Waals surface area (Å²) >= 11 is 0. The predicted octanol–water partition coefficient (Wildman–Crippen LogP) is 3.14. The summed E-state index contributed by atoms with van der Waals surface area (Å²) in [5.74, 6) is 0. The van der Waals surface area contributed by atoms with Crippen molar-refractivity contribution < 1.29 is 5.11 Å². The van der Waals surface area contributed by atoms with Crippen LogP contribution in [0, 0.1) is 0 Å². The zero-order valence-electron chi connectivity index (χ0n) is 11.3. The zero-order valence-corrected chi connectivity index (χ0v) is 11.3. The van der Waals surface area contributed by atoms with Crippen LogP contribution < -0.4 is 5.32 Å². The van der Waals surface area contributed by atoms with Crippen molar-refractivity contribution in [3.63, 3.8) is 0 Å². The third-order valence-corrected chi connectivity index (χ3v) is 3.28. The van der Waals surface area contributed by atoms with Crippen LogP contribution in [-0.4, -0.2) is 17.8 Å². The minimum Gasteiger partial charge on any atom is -0.396 e. The quantitative estimate of drug-likeness (QED) is 0.831. The smallest absolute Gasteiger partial charge is 0.0578 e. The van der Waals surface area contributed by atoms with Gasteiger partial charge < -0.3 is 10.4 Å². The Labute approximate surface area is 115 Å². The van der Waals surface area contributed by atoms with Gasteiger partial charge in [0.1, 0.15) is 0 Å². The molecule has 0 saturated carbocycles. The molecule has 0 heterocycles. The highest BCUT2D eigenvalue weighted by atomic mass is 16.3. The van der Waals surface area contributed by atoms with E-state index in [0.717, 1.165) is 6.42 Å². The van der Waals surface area contributed by atoms with E-state index in [2.05, 4.69) is 60.8 Å². The van der Waals surface area contributed by atoms with E-state index in [9.17, 15) is 0 Å². The van der Waals surface area contributed by atoms with Crippen molar-refractivity contribution in [2.24, 2.45) is 0 Å². The number of benzene rings is 2. The Morgan fingerprint density at radius 2 is 1.37 bits per heavy atom. The second-order valence-corrected chi connectivity index (χ2v) is 4.83. The average Bonchev–Trinajstić information content (AvgIpc) is 2.47. The lowest BCUT2D eigenvalue weighted by atomic mass is 9.97. The highest BCUT2D eigenvalue weighted by Gasteiger charge is 2.15. The molecule has 0 fully saturated rings. The van der Waals surface area contributed by atoms with E-state index in [1.807, 2.05) is 12.1 Å². The first-order valence-corrected chi connectivity index (χ1v) is 6.78. The van der Waals surface area contributed by atoms with Gasteiger partial charge in [0.2, 0.25) is 0 Å². The van der Waals surface area contributed by atoms with E-state index in [-0.39, 0.29) is 18.7 Å². The summed E-state index contributed by atoms with van der Waals surface area (Å²) in [6.45, 7) is 2.32. The molecule has 1 atom stereocenters. The fourth-order valence-electron chi connectivity index (χ4n) is 2.24. The molecule has 2 rings (SSSR count). The standard InChI is InChI=1S/C17H21NO/c1-14(12-13-19)18-17(15-8-4-2-5-9-15)16-10-6-3-7-11-16/h2-11,14,17-19H,12-13H2,1H3/t14-/m1/s1. The number of hydrogen-bond donors (Lipinski definition) is 2. The van der Waals surface area contributed by atoms with Crippen molar-refractivity contribution in [2.45, 2.75) is 25.4 Å². The molecule has 2 N–H and O–H groups in total. The predicted molar refractivity (Wildman–Crippen MR) is 79.0 cm³/mol. The summed E-state index contributed by atoms with van der Waals surface area (Å²) in [4.78, 5) is 0. The summed E-state index contributed by atoms with van der Waals surface area (Å²) < 4.78 is 0. The molecule has 0 bridgehead atoms. The first kappa shape index (κ1) is 13.8. The van der Waals surface area contributed by atoms with Crippen LogP contribution in [0.1, 0.15) is 30.5 Å². The first-order chi connectivity index (χ1) is 9.31. The number of nitrogens with one attached hydrogen (secondary N) is 1. The van der Waals surface area contributed by atoms with Crippen molar-refractivity contribution >= 4 is 0 Å². The molecule has 0 aromatic heterocycles. The van der Waals surface area contributed by atoms with Crippen LogP contribution in [0.5, 0.6) is 0 Å². The van der Waals surface area contributed by atoms with Crippen molar-refractivity contribution in [3.05, 3.63) is 71.8 Å². The van der Waals surface area contributed by atoms with E-state index in [1.54, 1.807) is 0 Å². The molecule has 2 nitrogen and oxygen atoms in total. The van der Waals surface area contributed by atoms with Crippen molar-refractivity contribution in [1.82, 2.24) is 5.32 Å². The molecule has 2 heteroatoms. The molecule has 100 valence electrons. The van der Waals surface area contributed by atoms with E-state index in [4.69, 9.17) is 5.11 Å². The molecule has 0 aliphatic carbocycles. The summed E-state index contributed by atoms with van der Waals surface area (Å²) in [7, 11) is 0. The molecule has 0 amide bonds. The number of hydrogen-bond acceptors (Lipinski definition) is 2. The maximum absolute atomic E-state index is 9.05. The Bertz CT molecular complexity index is 430. The molecule has 0 saturated heterocycles. The zero-order chi connectivity index (χ0) is 13.5. The molecule has 0 spiro atoms. The lowest BCUT2D eigenvalue weighted by Crippen LogP contribution is -2.32. The largest absolute Gasteiger partial charge is 0.396 e. The number of aliphatic hydroxyl groups is 1. The van der Waals surface area contributed by atoms with Crippen molar-refractivity contribution in [3.8, 4) is 0 Å². The van der Waals surface area contributed by atoms with Crippen molar-refractivity contribution in [1.29, 1.82) is 0 Å². The van der Waals surface area contributed by atoms with Gasteiger partial charge in [-0.15, -0.1) is 0 Å². The first-order valence-electron chi connectivity index (χ1n) is 6.78. The monoisotopic (exact) mass is 255 g/mol. The maximum atomic E-state index is 9.05. The van der Waals surface area contributed by atoms with Crippen LogP contribution in [0.25, 0.3) is 0 Å². The normalized spacial score (nSPS) is 12.6. The maximum Gasteiger partial charge on any atom is 0.0578 e. The molecular weight excluding hydrogens is 234 g/mol. The highest BCUT2D eigenvalue weighted by Crippen LogP contribution is 2.22. The van der Waals surface area contributed by atoms with Gasteiger partial charge in [-0.05, 0) is 24.5 Å². The SMILES string of the molecule is C[C@H](CCO)NC(c1ccccc1)c1ccccc1. The minimum absolute atomic E-state index is 0.170. The number of aliphatic hydroxyl groups excluding tert-OH is 1. The fourth-order valence-corrected chi connectivity index (χ4v) is 2.24. The molecule has 19 heavy (non-hydrogen) atoms. The summed E-state index contributed by atoms with van der Waals surface area (Å²) in [6.07, 6.45) is 0.760.